The number of carbonyl (C=O) groups is 1. The van der Waals surface area contributed by atoms with Gasteiger partial charge in [-0.25, -0.2) is 0 Å². The van der Waals surface area contributed by atoms with Crippen LogP contribution in [0, 0.1) is 12.8 Å². The van der Waals surface area contributed by atoms with Crippen LogP contribution in [0.4, 0.5) is 0 Å². The smallest absolute Gasteiger partial charge is 0.257 e. The molecule has 1 unspecified atom stereocenters. The van der Waals surface area contributed by atoms with E-state index in [1.807, 2.05) is 25.1 Å². The lowest BCUT2D eigenvalue weighted by molar-refractivity contribution is -0.123. The van der Waals surface area contributed by atoms with Crippen molar-refractivity contribution in [1.82, 2.24) is 10.6 Å². The van der Waals surface area contributed by atoms with Crippen molar-refractivity contribution in [3.8, 4) is 11.5 Å². The Morgan fingerprint density at radius 2 is 2.23 bits per heavy atom. The molecule has 1 amide bonds. The molecule has 22 heavy (non-hydrogen) atoms. The quantitative estimate of drug-likeness (QED) is 0.837. The zero-order chi connectivity index (χ0) is 15.1. The van der Waals surface area contributed by atoms with E-state index in [-0.39, 0.29) is 24.9 Å². The van der Waals surface area contributed by atoms with Gasteiger partial charge in [0.15, 0.2) is 18.1 Å². The first-order valence-electron chi connectivity index (χ1n) is 7.44. The van der Waals surface area contributed by atoms with Crippen LogP contribution in [0.5, 0.6) is 11.5 Å². The maximum atomic E-state index is 11.8. The van der Waals surface area contributed by atoms with E-state index in [4.69, 9.17) is 9.47 Å². The number of methoxy groups -OCH3 is 1. The lowest BCUT2D eigenvalue weighted by atomic mass is 10.00. The van der Waals surface area contributed by atoms with E-state index in [0.717, 1.165) is 18.7 Å². The molecular weight excluding hydrogens is 304 g/mol. The number of nitrogens with one attached hydrogen (secondary N) is 2. The average molecular weight is 329 g/mol. The van der Waals surface area contributed by atoms with E-state index in [9.17, 15) is 4.79 Å². The standard InChI is InChI=1S/C16H24N2O3.ClH/c1-12-5-6-14(15(8-12)20-2)21-11-16(19)18-10-13-4-3-7-17-9-13;/h5-6,8,13,17H,3-4,7,9-11H2,1-2H3,(H,18,19);1H. The highest BCUT2D eigenvalue weighted by Gasteiger charge is 2.14. The molecule has 1 heterocycles. The van der Waals surface area contributed by atoms with Crippen molar-refractivity contribution in [2.24, 2.45) is 5.92 Å². The third-order valence-electron chi connectivity index (χ3n) is 3.66. The van der Waals surface area contributed by atoms with E-state index in [2.05, 4.69) is 10.6 Å². The van der Waals surface area contributed by atoms with Crippen LogP contribution in [0.2, 0.25) is 0 Å². The number of ether oxygens (including phenoxy) is 2. The number of aryl methyl sites for hydroxylation is 1. The van der Waals surface area contributed by atoms with Gasteiger partial charge in [-0.15, -0.1) is 12.4 Å². The van der Waals surface area contributed by atoms with Crippen LogP contribution >= 0.6 is 12.4 Å². The van der Waals surface area contributed by atoms with Crippen LogP contribution in [0.1, 0.15) is 18.4 Å². The molecule has 1 aromatic rings. The van der Waals surface area contributed by atoms with Gasteiger partial charge in [-0.1, -0.05) is 6.07 Å². The number of carbonyl (C=O) groups excluding carboxylic acids is 1. The summed E-state index contributed by atoms with van der Waals surface area (Å²) in [6.45, 7) is 4.77. The van der Waals surface area contributed by atoms with Gasteiger partial charge in [0.25, 0.3) is 5.91 Å². The van der Waals surface area contributed by atoms with Gasteiger partial charge >= 0.3 is 0 Å². The summed E-state index contributed by atoms with van der Waals surface area (Å²) in [4.78, 5) is 11.8. The average Bonchev–Trinajstić information content (AvgIpc) is 2.52. The number of hydrogen-bond acceptors (Lipinski definition) is 4. The fraction of sp³-hybridized carbons (Fsp3) is 0.562. The molecule has 0 aliphatic carbocycles. The second-order valence-electron chi connectivity index (χ2n) is 5.46. The molecule has 0 aromatic heterocycles. The van der Waals surface area contributed by atoms with Crippen molar-refractivity contribution in [3.63, 3.8) is 0 Å². The predicted octanol–water partition coefficient (Wildman–Crippen LogP) is 1.92. The molecule has 0 saturated carbocycles. The second-order valence-corrected chi connectivity index (χ2v) is 5.46. The minimum absolute atomic E-state index is 0. The van der Waals surface area contributed by atoms with Gasteiger partial charge < -0.3 is 20.1 Å². The van der Waals surface area contributed by atoms with Gasteiger partial charge in [0.2, 0.25) is 0 Å². The fourth-order valence-corrected chi connectivity index (χ4v) is 2.44. The van der Waals surface area contributed by atoms with E-state index in [0.29, 0.717) is 24.0 Å². The topological polar surface area (TPSA) is 59.6 Å². The molecule has 2 N–H and O–H groups in total. The number of halogens is 1. The number of benzene rings is 1. The van der Waals surface area contributed by atoms with Gasteiger partial charge in [0.05, 0.1) is 7.11 Å². The Morgan fingerprint density at radius 1 is 1.41 bits per heavy atom. The summed E-state index contributed by atoms with van der Waals surface area (Å²) in [5.41, 5.74) is 1.09. The van der Waals surface area contributed by atoms with Gasteiger partial charge in [-0.05, 0) is 56.5 Å². The highest BCUT2D eigenvalue weighted by Crippen LogP contribution is 2.27. The van der Waals surface area contributed by atoms with Crippen LogP contribution in [0.3, 0.4) is 0 Å². The summed E-state index contributed by atoms with van der Waals surface area (Å²) in [6.07, 6.45) is 2.34. The molecule has 1 aliphatic heterocycles. The number of amides is 1. The molecule has 0 spiro atoms. The highest BCUT2D eigenvalue weighted by molar-refractivity contribution is 5.85. The van der Waals surface area contributed by atoms with E-state index < -0.39 is 0 Å². The van der Waals surface area contributed by atoms with E-state index in [1.165, 1.54) is 12.8 Å². The van der Waals surface area contributed by atoms with Crippen LogP contribution in [0.15, 0.2) is 18.2 Å². The molecule has 0 bridgehead atoms. The lowest BCUT2D eigenvalue weighted by Gasteiger charge is -2.22. The molecule has 1 aromatic carbocycles. The Morgan fingerprint density at radius 3 is 2.91 bits per heavy atom. The Labute approximate surface area is 138 Å². The zero-order valence-corrected chi connectivity index (χ0v) is 14.0. The minimum atomic E-state index is -0.0943. The van der Waals surface area contributed by atoms with Gasteiger partial charge in [0, 0.05) is 6.54 Å². The van der Waals surface area contributed by atoms with Crippen LogP contribution in [-0.4, -0.2) is 39.3 Å². The zero-order valence-electron chi connectivity index (χ0n) is 13.2. The Hall–Kier alpha value is -1.46. The summed E-state index contributed by atoms with van der Waals surface area (Å²) in [7, 11) is 1.60. The molecule has 1 aliphatic rings. The molecule has 1 fully saturated rings. The molecule has 6 heteroatoms. The van der Waals surface area contributed by atoms with Crippen molar-refractivity contribution in [1.29, 1.82) is 0 Å². The largest absolute Gasteiger partial charge is 0.493 e. The van der Waals surface area contributed by atoms with Crippen molar-refractivity contribution in [3.05, 3.63) is 23.8 Å². The third kappa shape index (κ3) is 5.73. The summed E-state index contributed by atoms with van der Waals surface area (Å²) in [5, 5.41) is 6.26. The molecular formula is C16H25ClN2O3. The lowest BCUT2D eigenvalue weighted by Crippen LogP contribution is -2.39. The number of hydrogen-bond donors (Lipinski definition) is 2. The van der Waals surface area contributed by atoms with E-state index in [1.54, 1.807) is 7.11 Å². The Bertz CT molecular complexity index is 476. The maximum Gasteiger partial charge on any atom is 0.257 e. The summed E-state index contributed by atoms with van der Waals surface area (Å²) < 4.78 is 10.8. The molecule has 124 valence electrons. The van der Waals surface area contributed by atoms with Crippen molar-refractivity contribution >= 4 is 18.3 Å². The minimum Gasteiger partial charge on any atom is -0.493 e. The third-order valence-corrected chi connectivity index (χ3v) is 3.66. The summed E-state index contributed by atoms with van der Waals surface area (Å²) in [6, 6.07) is 5.65. The predicted molar refractivity (Wildman–Crippen MR) is 89.1 cm³/mol. The molecule has 1 atom stereocenters. The van der Waals surface area contributed by atoms with Crippen molar-refractivity contribution in [2.75, 3.05) is 33.4 Å². The van der Waals surface area contributed by atoms with E-state index >= 15 is 0 Å². The van der Waals surface area contributed by atoms with Gasteiger partial charge in [-0.3, -0.25) is 4.79 Å². The SMILES string of the molecule is COc1cc(C)ccc1OCC(=O)NCC1CCCNC1.Cl. The van der Waals surface area contributed by atoms with Crippen LogP contribution in [0.25, 0.3) is 0 Å². The maximum absolute atomic E-state index is 11.8. The van der Waals surface area contributed by atoms with Crippen molar-refractivity contribution in [2.45, 2.75) is 19.8 Å². The van der Waals surface area contributed by atoms with Crippen LogP contribution in [-0.2, 0) is 4.79 Å². The molecule has 0 radical (unpaired) electrons. The first kappa shape index (κ1) is 18.6. The Balaban J connectivity index is 0.00000242. The van der Waals surface area contributed by atoms with Crippen LogP contribution < -0.4 is 20.1 Å². The normalized spacial score (nSPS) is 17.3. The molecule has 5 nitrogen and oxygen atoms in total. The van der Waals surface area contributed by atoms with Crippen molar-refractivity contribution < 1.29 is 14.3 Å². The first-order valence-corrected chi connectivity index (χ1v) is 7.44. The highest BCUT2D eigenvalue weighted by atomic mass is 35.5. The Kier molecular flexibility index (Phi) is 8.06. The molecule has 1 saturated heterocycles. The first-order chi connectivity index (χ1) is 10.2. The monoisotopic (exact) mass is 328 g/mol. The number of piperidine rings is 1. The second kappa shape index (κ2) is 9.54. The van der Waals surface area contributed by atoms with Gasteiger partial charge in [-0.2, -0.15) is 0 Å². The summed E-state index contributed by atoms with van der Waals surface area (Å²) >= 11 is 0. The molecule has 2 rings (SSSR count). The number of rotatable bonds is 6. The fourth-order valence-electron chi connectivity index (χ4n) is 2.44. The summed E-state index contributed by atoms with van der Waals surface area (Å²) in [5.74, 6) is 1.68. The van der Waals surface area contributed by atoms with Gasteiger partial charge in [0.1, 0.15) is 0 Å².